The van der Waals surface area contributed by atoms with Crippen molar-refractivity contribution in [2.75, 3.05) is 26.5 Å². The zero-order valence-electron chi connectivity index (χ0n) is 18.4. The first-order chi connectivity index (χ1) is 14.5. The minimum Gasteiger partial charge on any atom is -0.497 e. The number of ether oxygens (including phenoxy) is 2. The zero-order chi connectivity index (χ0) is 23.2. The largest absolute Gasteiger partial charge is 0.497 e. The van der Waals surface area contributed by atoms with Crippen LogP contribution in [0.5, 0.6) is 17.2 Å². The molecule has 0 amide bonds. The van der Waals surface area contributed by atoms with Gasteiger partial charge in [-0.3, -0.25) is 0 Å². The van der Waals surface area contributed by atoms with Gasteiger partial charge in [-0.2, -0.15) is 12.7 Å². The first-order valence-corrected chi connectivity index (χ1v) is 12.8. The fourth-order valence-electron chi connectivity index (χ4n) is 2.84. The zero-order valence-corrected chi connectivity index (χ0v) is 20.0. The van der Waals surface area contributed by atoms with E-state index in [1.807, 2.05) is 13.8 Å². The summed E-state index contributed by atoms with van der Waals surface area (Å²) in [5.41, 5.74) is 0.569. The normalized spacial score (nSPS) is 12.2. The van der Waals surface area contributed by atoms with Crippen molar-refractivity contribution >= 4 is 20.1 Å². The molecule has 31 heavy (non-hydrogen) atoms. The monoisotopic (exact) mass is 471 g/mol. The van der Waals surface area contributed by atoms with Gasteiger partial charge < -0.3 is 13.7 Å². The van der Waals surface area contributed by atoms with Crippen LogP contribution in [0, 0.1) is 5.92 Å². The fraction of sp³-hybridized carbons (Fsp3) is 0.429. The Balaban J connectivity index is 2.41. The summed E-state index contributed by atoms with van der Waals surface area (Å²) in [6, 6.07) is 10.9. The number of hydrogen-bond acceptors (Lipinski definition) is 7. The summed E-state index contributed by atoms with van der Waals surface area (Å²) in [6.07, 6.45) is 0. The Morgan fingerprint density at radius 2 is 1.55 bits per heavy atom. The summed E-state index contributed by atoms with van der Waals surface area (Å²) < 4.78 is 67.2. The summed E-state index contributed by atoms with van der Waals surface area (Å²) >= 11 is 0. The van der Waals surface area contributed by atoms with Crippen molar-refractivity contribution in [2.24, 2.45) is 5.92 Å². The molecule has 2 aromatic rings. The van der Waals surface area contributed by atoms with Crippen LogP contribution in [0.4, 0.5) is 0 Å². The molecule has 0 heterocycles. The van der Waals surface area contributed by atoms with Crippen LogP contribution in [-0.4, -0.2) is 47.7 Å². The van der Waals surface area contributed by atoms with E-state index in [1.165, 1.54) is 43.6 Å². The molecule has 8 nitrogen and oxygen atoms in total. The van der Waals surface area contributed by atoms with Crippen LogP contribution in [0.15, 0.2) is 47.4 Å². The Bertz CT molecular complexity index is 1080. The molecule has 0 aliphatic rings. The van der Waals surface area contributed by atoms with E-state index in [9.17, 15) is 16.8 Å². The molecule has 0 aliphatic heterocycles. The molecule has 0 radical (unpaired) electrons. The van der Waals surface area contributed by atoms with E-state index in [1.54, 1.807) is 24.3 Å². The maximum atomic E-state index is 13.3. The summed E-state index contributed by atoms with van der Waals surface area (Å²) in [5, 5.41) is 0. The third-order valence-corrected chi connectivity index (χ3v) is 7.39. The second-order valence-corrected chi connectivity index (χ2v) is 11.1. The predicted octanol–water partition coefficient (Wildman–Crippen LogP) is 3.28. The Morgan fingerprint density at radius 3 is 2.06 bits per heavy atom. The van der Waals surface area contributed by atoms with Crippen LogP contribution in [0.1, 0.15) is 26.3 Å². The number of hydrogen-bond donors (Lipinski definition) is 0. The van der Waals surface area contributed by atoms with Gasteiger partial charge in [0.25, 0.3) is 0 Å². The Morgan fingerprint density at radius 1 is 0.903 bits per heavy atom. The van der Waals surface area contributed by atoms with E-state index in [2.05, 4.69) is 0 Å². The summed E-state index contributed by atoms with van der Waals surface area (Å²) in [6.45, 7) is 5.64. The molecular weight excluding hydrogens is 442 g/mol. The quantitative estimate of drug-likeness (QED) is 0.464. The molecular formula is C21H29NO7S2. The molecule has 0 unspecified atom stereocenters. The molecule has 0 N–H and O–H groups in total. The summed E-state index contributed by atoms with van der Waals surface area (Å²) in [4.78, 5) is 0.146. The van der Waals surface area contributed by atoms with Gasteiger partial charge in [-0.05, 0) is 54.8 Å². The number of nitrogens with zero attached hydrogens (tertiary/aromatic N) is 1. The average Bonchev–Trinajstić information content (AvgIpc) is 2.73. The van der Waals surface area contributed by atoms with E-state index in [-0.39, 0.29) is 41.2 Å². The Hall–Kier alpha value is -2.30. The van der Waals surface area contributed by atoms with Gasteiger partial charge in [0, 0.05) is 13.1 Å². The first-order valence-electron chi connectivity index (χ1n) is 9.75. The van der Waals surface area contributed by atoms with Crippen molar-refractivity contribution in [1.82, 2.24) is 4.31 Å². The fourth-order valence-corrected chi connectivity index (χ4v) is 4.95. The average molecular weight is 472 g/mol. The number of methoxy groups -OCH3 is 2. The number of rotatable bonds is 11. The van der Waals surface area contributed by atoms with E-state index >= 15 is 0 Å². The number of benzene rings is 2. The molecule has 0 fully saturated rings. The molecule has 0 spiro atoms. The number of sulfonamides is 1. The van der Waals surface area contributed by atoms with E-state index in [4.69, 9.17) is 13.7 Å². The lowest BCUT2D eigenvalue weighted by atomic mass is 10.2. The van der Waals surface area contributed by atoms with E-state index < -0.39 is 20.1 Å². The lowest BCUT2D eigenvalue weighted by Gasteiger charge is -2.24. The van der Waals surface area contributed by atoms with Crippen LogP contribution in [0.3, 0.4) is 0 Å². The van der Waals surface area contributed by atoms with Gasteiger partial charge >= 0.3 is 10.1 Å². The Kier molecular flexibility index (Phi) is 8.33. The molecule has 0 atom stereocenters. The minimum absolute atomic E-state index is 0.0215. The molecule has 0 aliphatic carbocycles. The van der Waals surface area contributed by atoms with Crippen LogP contribution in [-0.2, 0) is 26.7 Å². The van der Waals surface area contributed by atoms with Crippen molar-refractivity contribution in [3.05, 3.63) is 48.0 Å². The van der Waals surface area contributed by atoms with Gasteiger partial charge in [0.2, 0.25) is 10.0 Å². The van der Waals surface area contributed by atoms with Crippen molar-refractivity contribution < 1.29 is 30.5 Å². The summed E-state index contributed by atoms with van der Waals surface area (Å²) in [7, 11) is -4.66. The van der Waals surface area contributed by atoms with Crippen LogP contribution >= 0.6 is 0 Å². The van der Waals surface area contributed by atoms with Crippen molar-refractivity contribution in [1.29, 1.82) is 0 Å². The van der Waals surface area contributed by atoms with E-state index in [0.717, 1.165) is 0 Å². The molecule has 0 saturated carbocycles. The lowest BCUT2D eigenvalue weighted by Crippen LogP contribution is -2.33. The first kappa shape index (κ1) is 25.0. The third-order valence-electron chi connectivity index (χ3n) is 4.42. The topological polar surface area (TPSA) is 99.2 Å². The minimum atomic E-state index is -3.80. The van der Waals surface area contributed by atoms with Gasteiger partial charge in [0.1, 0.15) is 5.75 Å². The highest BCUT2D eigenvalue weighted by molar-refractivity contribution is 7.89. The van der Waals surface area contributed by atoms with Gasteiger partial charge in [0.15, 0.2) is 11.5 Å². The van der Waals surface area contributed by atoms with Crippen LogP contribution in [0.25, 0.3) is 0 Å². The highest BCUT2D eigenvalue weighted by atomic mass is 32.2. The summed E-state index contributed by atoms with van der Waals surface area (Å²) in [5.74, 6) is 0.694. The molecule has 10 heteroatoms. The van der Waals surface area contributed by atoms with E-state index in [0.29, 0.717) is 11.3 Å². The second kappa shape index (κ2) is 10.3. The second-order valence-electron chi connectivity index (χ2n) is 7.28. The van der Waals surface area contributed by atoms with Crippen molar-refractivity contribution in [2.45, 2.75) is 32.2 Å². The SMILES string of the molecule is CCS(=O)(=O)Oc1cc(CN(CC(C)C)S(=O)(=O)c2ccc(OC)cc2)ccc1OC. The standard InChI is InChI=1S/C21H29NO7S2/c1-6-30(23,24)29-21-13-17(7-12-20(21)28-5)15-22(14-16(2)3)31(25,26)19-10-8-18(27-4)9-11-19/h7-13,16H,6,14-15H2,1-5H3. The molecule has 172 valence electrons. The third kappa shape index (κ3) is 6.59. The van der Waals surface area contributed by atoms with Crippen LogP contribution < -0.4 is 13.7 Å². The van der Waals surface area contributed by atoms with Gasteiger partial charge in [-0.1, -0.05) is 19.9 Å². The van der Waals surface area contributed by atoms with Crippen molar-refractivity contribution in [3.63, 3.8) is 0 Å². The maximum absolute atomic E-state index is 13.3. The smallest absolute Gasteiger partial charge is 0.309 e. The molecule has 0 aromatic heterocycles. The predicted molar refractivity (Wildman–Crippen MR) is 119 cm³/mol. The van der Waals surface area contributed by atoms with Gasteiger partial charge in [-0.25, -0.2) is 8.42 Å². The lowest BCUT2D eigenvalue weighted by molar-refractivity contribution is 0.360. The highest BCUT2D eigenvalue weighted by Gasteiger charge is 2.26. The van der Waals surface area contributed by atoms with Gasteiger partial charge in [0.05, 0.1) is 24.9 Å². The maximum Gasteiger partial charge on any atom is 0.309 e. The molecule has 0 saturated heterocycles. The Labute approximate surface area is 184 Å². The van der Waals surface area contributed by atoms with Crippen LogP contribution in [0.2, 0.25) is 0 Å². The molecule has 2 rings (SSSR count). The van der Waals surface area contributed by atoms with Gasteiger partial charge in [-0.15, -0.1) is 0 Å². The highest BCUT2D eigenvalue weighted by Crippen LogP contribution is 2.31. The molecule has 2 aromatic carbocycles. The molecule has 0 bridgehead atoms. The van der Waals surface area contributed by atoms with Crippen molar-refractivity contribution in [3.8, 4) is 17.2 Å².